The molecule has 3 rings (SSSR count). The van der Waals surface area contributed by atoms with Crippen molar-refractivity contribution in [1.82, 2.24) is 20.5 Å². The Morgan fingerprint density at radius 3 is 2.95 bits per heavy atom. The van der Waals surface area contributed by atoms with Crippen LogP contribution in [-0.4, -0.2) is 32.3 Å². The zero-order valence-corrected chi connectivity index (χ0v) is 12.5. The van der Waals surface area contributed by atoms with E-state index >= 15 is 0 Å². The van der Waals surface area contributed by atoms with Crippen LogP contribution in [0.3, 0.4) is 0 Å². The van der Waals surface area contributed by atoms with Gasteiger partial charge in [-0.15, -0.1) is 0 Å². The summed E-state index contributed by atoms with van der Waals surface area (Å²) < 4.78 is 0. The lowest BCUT2D eigenvalue weighted by Gasteiger charge is -2.37. The molecule has 1 saturated carbocycles. The summed E-state index contributed by atoms with van der Waals surface area (Å²) >= 11 is 0. The number of aryl methyl sites for hydroxylation is 1. The molecule has 6 nitrogen and oxygen atoms in total. The SMILES string of the molecule is CCc1[nH]ncc1C(=O)NC(c1ccccn1)C1CC(O)C1. The van der Waals surface area contributed by atoms with Gasteiger partial charge in [0.25, 0.3) is 5.91 Å². The lowest BCUT2D eigenvalue weighted by Crippen LogP contribution is -2.41. The minimum absolute atomic E-state index is 0.150. The van der Waals surface area contributed by atoms with Crippen LogP contribution in [0.2, 0.25) is 0 Å². The normalized spacial score (nSPS) is 21.9. The lowest BCUT2D eigenvalue weighted by atomic mass is 9.76. The van der Waals surface area contributed by atoms with E-state index in [4.69, 9.17) is 0 Å². The molecule has 22 heavy (non-hydrogen) atoms. The van der Waals surface area contributed by atoms with E-state index in [0.29, 0.717) is 18.4 Å². The third-order valence-electron chi connectivity index (χ3n) is 4.23. The van der Waals surface area contributed by atoms with E-state index in [2.05, 4.69) is 20.5 Å². The van der Waals surface area contributed by atoms with Crippen LogP contribution < -0.4 is 5.32 Å². The van der Waals surface area contributed by atoms with Crippen LogP contribution in [0, 0.1) is 5.92 Å². The standard InChI is InChI=1S/C16H20N4O2/c1-2-13-12(9-18-20-13)16(22)19-15(10-7-11(21)8-10)14-5-3-4-6-17-14/h3-6,9-11,15,21H,2,7-8H2,1H3,(H,18,20)(H,19,22). The van der Waals surface area contributed by atoms with Gasteiger partial charge in [0, 0.05) is 11.9 Å². The van der Waals surface area contributed by atoms with E-state index in [1.54, 1.807) is 12.4 Å². The third kappa shape index (κ3) is 2.87. The average Bonchev–Trinajstić information content (AvgIpc) is 2.99. The van der Waals surface area contributed by atoms with E-state index in [1.807, 2.05) is 25.1 Å². The maximum atomic E-state index is 12.5. The molecule has 3 N–H and O–H groups in total. The molecular formula is C16H20N4O2. The predicted octanol–water partition coefficient (Wildman–Crippen LogP) is 1.61. The number of aromatic amines is 1. The monoisotopic (exact) mass is 300 g/mol. The van der Waals surface area contributed by atoms with Gasteiger partial charge in [0.2, 0.25) is 0 Å². The number of pyridine rings is 1. The van der Waals surface area contributed by atoms with Gasteiger partial charge in [0.15, 0.2) is 0 Å². The molecule has 0 bridgehead atoms. The van der Waals surface area contributed by atoms with Crippen molar-refractivity contribution in [3.05, 3.63) is 47.5 Å². The Bertz CT molecular complexity index is 635. The molecule has 0 aliphatic heterocycles. The molecule has 1 atom stereocenters. The summed E-state index contributed by atoms with van der Waals surface area (Å²) in [6.07, 6.45) is 5.10. The van der Waals surface area contributed by atoms with Crippen molar-refractivity contribution in [3.8, 4) is 0 Å². The van der Waals surface area contributed by atoms with Crippen molar-refractivity contribution >= 4 is 5.91 Å². The number of rotatable bonds is 5. The van der Waals surface area contributed by atoms with Gasteiger partial charge in [0.1, 0.15) is 0 Å². The number of hydrogen-bond acceptors (Lipinski definition) is 4. The molecule has 0 spiro atoms. The summed E-state index contributed by atoms with van der Waals surface area (Å²) in [5, 5.41) is 19.4. The zero-order chi connectivity index (χ0) is 15.5. The predicted molar refractivity (Wildman–Crippen MR) is 81.1 cm³/mol. The lowest BCUT2D eigenvalue weighted by molar-refractivity contribution is 0.0228. The number of nitrogens with zero attached hydrogens (tertiary/aromatic N) is 2. The summed E-state index contributed by atoms with van der Waals surface area (Å²) in [6, 6.07) is 5.48. The Morgan fingerprint density at radius 1 is 1.50 bits per heavy atom. The highest BCUT2D eigenvalue weighted by Gasteiger charge is 2.36. The topological polar surface area (TPSA) is 90.9 Å². The smallest absolute Gasteiger partial charge is 0.255 e. The molecule has 6 heteroatoms. The summed E-state index contributed by atoms with van der Waals surface area (Å²) in [7, 11) is 0. The Balaban J connectivity index is 1.80. The first-order valence-corrected chi connectivity index (χ1v) is 7.61. The van der Waals surface area contributed by atoms with Gasteiger partial charge in [-0.25, -0.2) is 0 Å². The van der Waals surface area contributed by atoms with Crippen molar-refractivity contribution in [1.29, 1.82) is 0 Å². The number of aromatic nitrogens is 3. The second-order valence-corrected chi connectivity index (χ2v) is 5.71. The fraction of sp³-hybridized carbons (Fsp3) is 0.438. The summed E-state index contributed by atoms with van der Waals surface area (Å²) in [5.41, 5.74) is 2.23. The first-order valence-electron chi connectivity index (χ1n) is 7.61. The third-order valence-corrected chi connectivity index (χ3v) is 4.23. The maximum Gasteiger partial charge on any atom is 0.255 e. The zero-order valence-electron chi connectivity index (χ0n) is 12.5. The van der Waals surface area contributed by atoms with Crippen LogP contribution in [0.25, 0.3) is 0 Å². The van der Waals surface area contributed by atoms with Crippen molar-refractivity contribution in [2.24, 2.45) is 5.92 Å². The number of nitrogens with one attached hydrogen (secondary N) is 2. The van der Waals surface area contributed by atoms with Crippen molar-refractivity contribution in [3.63, 3.8) is 0 Å². The van der Waals surface area contributed by atoms with Crippen LogP contribution in [0.15, 0.2) is 30.6 Å². The van der Waals surface area contributed by atoms with Gasteiger partial charge in [-0.3, -0.25) is 14.9 Å². The molecule has 1 aliphatic carbocycles. The molecule has 2 heterocycles. The van der Waals surface area contributed by atoms with Crippen LogP contribution in [-0.2, 0) is 6.42 Å². The molecule has 1 unspecified atom stereocenters. The molecule has 0 radical (unpaired) electrons. The molecule has 1 fully saturated rings. The highest BCUT2D eigenvalue weighted by molar-refractivity contribution is 5.95. The largest absolute Gasteiger partial charge is 0.393 e. The first-order chi connectivity index (χ1) is 10.7. The number of carbonyl (C=O) groups excluding carboxylic acids is 1. The van der Waals surface area contributed by atoms with Gasteiger partial charge in [-0.2, -0.15) is 5.10 Å². The van der Waals surface area contributed by atoms with Gasteiger partial charge in [0.05, 0.1) is 29.6 Å². The number of hydrogen-bond donors (Lipinski definition) is 3. The fourth-order valence-corrected chi connectivity index (χ4v) is 2.89. The molecule has 1 amide bonds. The molecule has 2 aromatic heterocycles. The second kappa shape index (κ2) is 6.27. The van der Waals surface area contributed by atoms with Crippen LogP contribution in [0.1, 0.15) is 47.6 Å². The van der Waals surface area contributed by atoms with Gasteiger partial charge >= 0.3 is 0 Å². The number of aliphatic hydroxyl groups is 1. The summed E-state index contributed by atoms with van der Waals surface area (Å²) in [4.78, 5) is 16.9. The van der Waals surface area contributed by atoms with Gasteiger partial charge < -0.3 is 10.4 Å². The molecule has 0 saturated heterocycles. The van der Waals surface area contributed by atoms with Crippen LogP contribution in [0.4, 0.5) is 0 Å². The Hall–Kier alpha value is -2.21. The van der Waals surface area contributed by atoms with Crippen molar-refractivity contribution < 1.29 is 9.90 Å². The van der Waals surface area contributed by atoms with E-state index in [0.717, 1.165) is 17.8 Å². The summed E-state index contributed by atoms with van der Waals surface area (Å²) in [5.74, 6) is 0.0634. The Labute approximate surface area is 129 Å². The second-order valence-electron chi connectivity index (χ2n) is 5.71. The minimum atomic E-state index is -0.270. The molecule has 116 valence electrons. The van der Waals surface area contributed by atoms with Gasteiger partial charge in [-0.05, 0) is 37.3 Å². The highest BCUT2D eigenvalue weighted by Crippen LogP contribution is 2.37. The molecular weight excluding hydrogens is 280 g/mol. The number of H-pyrrole nitrogens is 1. The van der Waals surface area contributed by atoms with E-state index in [9.17, 15) is 9.90 Å². The van der Waals surface area contributed by atoms with Gasteiger partial charge in [-0.1, -0.05) is 13.0 Å². The van der Waals surface area contributed by atoms with Crippen molar-refractivity contribution in [2.45, 2.75) is 38.3 Å². The molecule has 2 aromatic rings. The van der Waals surface area contributed by atoms with E-state index in [-0.39, 0.29) is 24.0 Å². The molecule has 0 aromatic carbocycles. The van der Waals surface area contributed by atoms with Crippen LogP contribution in [0.5, 0.6) is 0 Å². The van der Waals surface area contributed by atoms with E-state index < -0.39 is 0 Å². The van der Waals surface area contributed by atoms with Crippen molar-refractivity contribution in [2.75, 3.05) is 0 Å². The first kappa shape index (κ1) is 14.7. The number of aliphatic hydroxyl groups excluding tert-OH is 1. The number of carbonyl (C=O) groups is 1. The fourth-order valence-electron chi connectivity index (χ4n) is 2.89. The maximum absolute atomic E-state index is 12.5. The highest BCUT2D eigenvalue weighted by atomic mass is 16.3. The van der Waals surface area contributed by atoms with Crippen LogP contribution >= 0.6 is 0 Å². The average molecular weight is 300 g/mol. The van der Waals surface area contributed by atoms with E-state index in [1.165, 1.54) is 0 Å². The minimum Gasteiger partial charge on any atom is -0.393 e. The molecule has 1 aliphatic rings. The Kier molecular flexibility index (Phi) is 4.20. The Morgan fingerprint density at radius 2 is 2.32 bits per heavy atom. The summed E-state index contributed by atoms with van der Waals surface area (Å²) in [6.45, 7) is 1.98. The quantitative estimate of drug-likeness (QED) is 0.782. The number of amides is 1.